The van der Waals surface area contributed by atoms with Crippen molar-refractivity contribution in [2.45, 2.75) is 155 Å². The molecule has 0 amide bonds. The van der Waals surface area contributed by atoms with E-state index in [2.05, 4.69) is 125 Å². The molecule has 0 atom stereocenters. The van der Waals surface area contributed by atoms with E-state index in [1.807, 2.05) is 0 Å². The highest BCUT2D eigenvalue weighted by atomic mass is 79.9. The van der Waals surface area contributed by atoms with Gasteiger partial charge >= 0.3 is 0 Å². The average Bonchev–Trinajstić information content (AvgIpc) is 2.12. The van der Waals surface area contributed by atoms with Crippen LogP contribution in [0.5, 0.6) is 0 Å². The molecule has 0 heterocycles. The van der Waals surface area contributed by atoms with Gasteiger partial charge in [-0.3, -0.25) is 0 Å². The summed E-state index contributed by atoms with van der Waals surface area (Å²) < 4.78 is -2.17. The molecular weight excluding hydrogens is 532 g/mol. The van der Waals surface area contributed by atoms with Crippen LogP contribution < -0.4 is 0 Å². The first kappa shape index (κ1) is 30.6. The predicted octanol–water partition coefficient (Wildman–Crippen LogP) is 11.1. The van der Waals surface area contributed by atoms with Gasteiger partial charge < -0.3 is 0 Å². The van der Waals surface area contributed by atoms with Crippen LogP contribution in [0.2, 0.25) is 30.2 Å². The molecule has 0 unspecified atom stereocenters. The second kappa shape index (κ2) is 7.84. The van der Waals surface area contributed by atoms with Gasteiger partial charge in [-0.15, -0.1) is 30.6 Å². The normalized spacial score (nSPS) is 17.0. The summed E-state index contributed by atoms with van der Waals surface area (Å²) in [6, 6.07) is 0. The molecule has 0 bridgehead atoms. The van der Waals surface area contributed by atoms with Crippen molar-refractivity contribution in [3.8, 4) is 0 Å². The largest absolute Gasteiger partial charge is 0.185 e. The Labute approximate surface area is 203 Å². The molecule has 0 nitrogen and oxygen atoms in total. The molecule has 0 radical (unpaired) electrons. The Bertz CT molecular complexity index is 456. The summed E-state index contributed by atoms with van der Waals surface area (Å²) in [5, 5.41) is 1.60. The molecule has 0 aromatic carbocycles. The first-order valence-electron chi connectivity index (χ1n) is 11.4. The average molecular weight is 587 g/mol. The van der Waals surface area contributed by atoms with E-state index in [4.69, 9.17) is 30.6 Å². The molecule has 0 saturated heterocycles. The molecule has 176 valence electrons. The van der Waals surface area contributed by atoms with Crippen LogP contribution in [0.15, 0.2) is 0 Å². The van der Waals surface area contributed by atoms with Gasteiger partial charge in [0.15, 0.2) is 4.35 Å². The second-order valence-electron chi connectivity index (χ2n) is 15.6. The Morgan fingerprint density at radius 2 is 0.414 bits per heavy atom. The molecule has 0 rings (SSSR count). The first-order chi connectivity index (χ1) is 12.0. The number of rotatable bonds is 2. The molecule has 0 saturated carbocycles. The van der Waals surface area contributed by atoms with E-state index in [9.17, 15) is 0 Å². The standard InChI is InChI=1S/C24H54Br2Si3/c1-19(2,3)27(20(4,5)6,21(7,8)9)29(25,26)28(22(10,11)12,23(13,14)15)24(16,17)18/h1-18H3. The fourth-order valence-corrected chi connectivity index (χ4v) is 138. The molecule has 0 spiro atoms. The van der Waals surface area contributed by atoms with Gasteiger partial charge in [0.05, 0.1) is 15.2 Å². The SMILES string of the molecule is CC(C)(C)[Si](C(C)(C)C)(C(C)(C)C)[Si](Br)(Br)[Si](C(C)(C)C)(C(C)(C)C)C(C)(C)C. The van der Waals surface area contributed by atoms with Crippen LogP contribution in [-0.2, 0) is 0 Å². The zero-order valence-corrected chi connectivity index (χ0v) is 29.4. The van der Waals surface area contributed by atoms with Gasteiger partial charge in [0.2, 0.25) is 0 Å². The summed E-state index contributed by atoms with van der Waals surface area (Å²) in [4.78, 5) is 0. The van der Waals surface area contributed by atoms with Crippen molar-refractivity contribution < 1.29 is 0 Å². The van der Waals surface area contributed by atoms with Gasteiger partial charge in [-0.25, -0.2) is 0 Å². The highest BCUT2D eigenvalue weighted by Crippen LogP contribution is 2.77. The number of hydrogen-bond donors (Lipinski definition) is 0. The lowest BCUT2D eigenvalue weighted by molar-refractivity contribution is 0.544. The highest BCUT2D eigenvalue weighted by molar-refractivity contribution is 9.55. The third-order valence-electron chi connectivity index (χ3n) is 7.69. The molecule has 5 heteroatoms. The zero-order chi connectivity index (χ0) is 24.5. The van der Waals surface area contributed by atoms with Crippen molar-refractivity contribution in [3.05, 3.63) is 0 Å². The number of halogens is 2. The molecule has 29 heavy (non-hydrogen) atoms. The minimum Gasteiger partial charge on any atom is -0.118 e. The fourth-order valence-electron chi connectivity index (χ4n) is 9.86. The predicted molar refractivity (Wildman–Crippen MR) is 153 cm³/mol. The van der Waals surface area contributed by atoms with Gasteiger partial charge in [-0.2, -0.15) is 0 Å². The maximum Gasteiger partial charge on any atom is 0.185 e. The summed E-state index contributed by atoms with van der Waals surface area (Å²) in [5.41, 5.74) is 0. The van der Waals surface area contributed by atoms with E-state index in [0.717, 1.165) is 0 Å². The van der Waals surface area contributed by atoms with E-state index in [0.29, 0.717) is 0 Å². The Hall–Kier alpha value is 1.61. The lowest BCUT2D eigenvalue weighted by atomic mass is 10.2. The molecule has 0 fully saturated rings. The quantitative estimate of drug-likeness (QED) is 0.223. The van der Waals surface area contributed by atoms with Crippen LogP contribution in [-0.4, -0.2) is 19.5 Å². The molecule has 0 aromatic rings. The first-order valence-corrected chi connectivity index (χ1v) is 23.9. The van der Waals surface area contributed by atoms with Crippen LogP contribution in [0, 0.1) is 0 Å². The Morgan fingerprint density at radius 3 is 0.483 bits per heavy atom. The van der Waals surface area contributed by atoms with Gasteiger partial charge in [0, 0.05) is 0 Å². The second-order valence-corrected chi connectivity index (χ2v) is 58.3. The van der Waals surface area contributed by atoms with Crippen molar-refractivity contribution in [1.29, 1.82) is 0 Å². The van der Waals surface area contributed by atoms with E-state index in [-0.39, 0.29) is 30.2 Å². The van der Waals surface area contributed by atoms with Crippen LogP contribution in [0.25, 0.3) is 0 Å². The number of hydrogen-bond acceptors (Lipinski definition) is 0. The van der Waals surface area contributed by atoms with Crippen molar-refractivity contribution in [1.82, 2.24) is 0 Å². The van der Waals surface area contributed by atoms with Crippen LogP contribution in [0.1, 0.15) is 125 Å². The maximum absolute atomic E-state index is 4.82. The van der Waals surface area contributed by atoms with E-state index in [1.165, 1.54) is 0 Å². The molecule has 0 aliphatic heterocycles. The molecular formula is C24H54Br2Si3. The Balaban J connectivity index is 8.22. The van der Waals surface area contributed by atoms with Crippen molar-refractivity contribution >= 4 is 50.1 Å². The summed E-state index contributed by atoms with van der Waals surface area (Å²) in [7, 11) is -4.12. The van der Waals surface area contributed by atoms with Crippen molar-refractivity contribution in [2.24, 2.45) is 0 Å². The lowest BCUT2D eigenvalue weighted by Gasteiger charge is -2.74. The zero-order valence-electron chi connectivity index (χ0n) is 23.3. The topological polar surface area (TPSA) is 0 Å². The Kier molecular flexibility index (Phi) is 8.27. The Morgan fingerprint density at radius 1 is 0.310 bits per heavy atom. The highest BCUT2D eigenvalue weighted by Gasteiger charge is 2.81. The lowest BCUT2D eigenvalue weighted by Crippen LogP contribution is -2.86. The molecule has 0 aromatic heterocycles. The fraction of sp³-hybridized carbons (Fsp3) is 1.00. The van der Waals surface area contributed by atoms with Gasteiger partial charge in [0.25, 0.3) is 0 Å². The summed E-state index contributed by atoms with van der Waals surface area (Å²) in [5.74, 6) is 0. The van der Waals surface area contributed by atoms with Crippen LogP contribution >= 0.6 is 30.6 Å². The monoisotopic (exact) mass is 584 g/mol. The third-order valence-corrected chi connectivity index (χ3v) is 70.4. The molecule has 0 aliphatic rings. The van der Waals surface area contributed by atoms with Crippen LogP contribution in [0.3, 0.4) is 0 Å². The third kappa shape index (κ3) is 4.17. The van der Waals surface area contributed by atoms with Crippen LogP contribution in [0.4, 0.5) is 0 Å². The van der Waals surface area contributed by atoms with Gasteiger partial charge in [-0.1, -0.05) is 125 Å². The summed E-state index contributed by atoms with van der Waals surface area (Å²) >= 11 is 9.65. The van der Waals surface area contributed by atoms with E-state index < -0.39 is 19.5 Å². The van der Waals surface area contributed by atoms with Crippen molar-refractivity contribution in [3.63, 3.8) is 0 Å². The summed E-state index contributed by atoms with van der Waals surface area (Å²) in [6.07, 6.45) is 0. The van der Waals surface area contributed by atoms with E-state index in [1.54, 1.807) is 0 Å². The van der Waals surface area contributed by atoms with E-state index >= 15 is 0 Å². The minimum atomic E-state index is -2.17. The molecule has 0 N–H and O–H groups in total. The van der Waals surface area contributed by atoms with Gasteiger partial charge in [0.1, 0.15) is 0 Å². The van der Waals surface area contributed by atoms with Gasteiger partial charge in [-0.05, 0) is 30.2 Å². The molecule has 0 aliphatic carbocycles. The summed E-state index contributed by atoms with van der Waals surface area (Å²) in [6.45, 7) is 46.1. The maximum atomic E-state index is 4.82. The smallest absolute Gasteiger partial charge is 0.118 e. The minimum absolute atomic E-state index is 0.267. The van der Waals surface area contributed by atoms with Crippen molar-refractivity contribution in [2.75, 3.05) is 0 Å².